The summed E-state index contributed by atoms with van der Waals surface area (Å²) in [5.74, 6) is 0. The minimum absolute atomic E-state index is 0.874. The van der Waals surface area contributed by atoms with E-state index in [9.17, 15) is 0 Å². The maximum Gasteiger partial charge on any atom is 0.143 e. The second-order valence-corrected chi connectivity index (χ2v) is 13.6. The Labute approximate surface area is 287 Å². The Morgan fingerprint density at radius 1 is 0.429 bits per heavy atom. The Morgan fingerprint density at radius 2 is 1.10 bits per heavy atom. The number of hydrogen-bond acceptors (Lipinski definition) is 3. The lowest BCUT2D eigenvalue weighted by atomic mass is 9.98. The topological polar surface area (TPSA) is 16.4 Å². The summed E-state index contributed by atoms with van der Waals surface area (Å²) in [6.45, 7) is 0. The van der Waals surface area contributed by atoms with Crippen LogP contribution in [0.3, 0.4) is 0 Å². The number of hydrogen-bond donors (Lipinski definition) is 0. The van der Waals surface area contributed by atoms with Gasteiger partial charge in [-0.25, -0.2) is 0 Å². The highest BCUT2D eigenvalue weighted by atomic mass is 32.1. The third-order valence-corrected chi connectivity index (χ3v) is 10.8. The number of nitrogens with zero attached hydrogens (tertiary/aromatic N) is 1. The molecule has 10 rings (SSSR count). The molecule has 2 heterocycles. The monoisotopic (exact) mass is 643 g/mol. The van der Waals surface area contributed by atoms with Gasteiger partial charge in [-0.1, -0.05) is 121 Å². The van der Waals surface area contributed by atoms with E-state index in [1.807, 2.05) is 11.3 Å². The molecule has 0 aliphatic heterocycles. The quantitative estimate of drug-likeness (QED) is 0.186. The van der Waals surface area contributed by atoms with Crippen molar-refractivity contribution in [2.75, 3.05) is 4.90 Å². The Hall–Kier alpha value is -6.16. The van der Waals surface area contributed by atoms with Crippen LogP contribution >= 0.6 is 11.3 Å². The SMILES string of the molecule is c1ccc(-c2cccc(N(c3cccc(-c4cccc5sc6ccccc6c45)c3)c3cccc4oc5c6ccccc6ccc5c34)c2)cc1. The highest BCUT2D eigenvalue weighted by Crippen LogP contribution is 2.46. The lowest BCUT2D eigenvalue weighted by Crippen LogP contribution is -2.10. The summed E-state index contributed by atoms with van der Waals surface area (Å²) in [6.07, 6.45) is 0. The van der Waals surface area contributed by atoms with Crippen LogP contribution in [0.25, 0.3) is 75.1 Å². The Bertz CT molecular complexity index is 2840. The van der Waals surface area contributed by atoms with Gasteiger partial charge in [0.1, 0.15) is 11.2 Å². The van der Waals surface area contributed by atoms with Crippen molar-refractivity contribution < 1.29 is 4.42 Å². The molecule has 10 aromatic rings. The van der Waals surface area contributed by atoms with Crippen molar-refractivity contribution in [1.82, 2.24) is 0 Å². The van der Waals surface area contributed by atoms with Gasteiger partial charge in [-0.2, -0.15) is 0 Å². The third kappa shape index (κ3) is 4.55. The highest BCUT2D eigenvalue weighted by molar-refractivity contribution is 7.25. The average Bonchev–Trinajstić information content (AvgIpc) is 3.75. The summed E-state index contributed by atoms with van der Waals surface area (Å²) in [6, 6.07) is 63.2. The predicted molar refractivity (Wildman–Crippen MR) is 210 cm³/mol. The molecule has 0 saturated carbocycles. The zero-order valence-electron chi connectivity index (χ0n) is 26.5. The van der Waals surface area contributed by atoms with Gasteiger partial charge < -0.3 is 9.32 Å². The second-order valence-electron chi connectivity index (χ2n) is 12.5. The first-order valence-corrected chi connectivity index (χ1v) is 17.4. The molecule has 49 heavy (non-hydrogen) atoms. The first kappa shape index (κ1) is 27.9. The van der Waals surface area contributed by atoms with Crippen LogP contribution in [-0.4, -0.2) is 0 Å². The van der Waals surface area contributed by atoms with E-state index in [0.717, 1.165) is 44.4 Å². The lowest BCUT2D eigenvalue weighted by molar-refractivity contribution is 0.672. The van der Waals surface area contributed by atoms with Crippen molar-refractivity contribution in [2.24, 2.45) is 0 Å². The molecule has 0 amide bonds. The molecule has 0 aliphatic carbocycles. The number of furan rings is 1. The Kier molecular flexibility index (Phi) is 6.39. The van der Waals surface area contributed by atoms with Crippen LogP contribution < -0.4 is 4.90 Å². The van der Waals surface area contributed by atoms with Crippen LogP contribution in [0.2, 0.25) is 0 Å². The largest absolute Gasteiger partial charge is 0.455 e. The smallest absolute Gasteiger partial charge is 0.143 e. The molecule has 0 saturated heterocycles. The first-order valence-electron chi connectivity index (χ1n) is 16.6. The van der Waals surface area contributed by atoms with Gasteiger partial charge in [0.05, 0.1) is 11.1 Å². The van der Waals surface area contributed by atoms with Crippen molar-refractivity contribution in [3.05, 3.63) is 176 Å². The molecule has 0 fully saturated rings. The number of benzene rings is 8. The minimum atomic E-state index is 0.874. The van der Waals surface area contributed by atoms with Gasteiger partial charge in [-0.15, -0.1) is 11.3 Å². The van der Waals surface area contributed by atoms with Gasteiger partial charge in [-0.05, 0) is 82.2 Å². The maximum absolute atomic E-state index is 6.67. The van der Waals surface area contributed by atoms with Crippen molar-refractivity contribution in [2.45, 2.75) is 0 Å². The molecule has 2 nitrogen and oxygen atoms in total. The van der Waals surface area contributed by atoms with E-state index in [1.165, 1.54) is 47.8 Å². The molecule has 0 spiro atoms. The van der Waals surface area contributed by atoms with E-state index in [1.54, 1.807) is 0 Å². The summed E-state index contributed by atoms with van der Waals surface area (Å²) in [5, 5.41) is 7.12. The van der Waals surface area contributed by atoms with Crippen molar-refractivity contribution in [1.29, 1.82) is 0 Å². The molecule has 0 bridgehead atoms. The summed E-state index contributed by atoms with van der Waals surface area (Å²) >= 11 is 1.86. The summed E-state index contributed by atoms with van der Waals surface area (Å²) in [4.78, 5) is 2.40. The normalized spacial score (nSPS) is 11.7. The van der Waals surface area contributed by atoms with Crippen LogP contribution in [0.1, 0.15) is 0 Å². The molecule has 3 heteroatoms. The molecule has 2 aromatic heterocycles. The van der Waals surface area contributed by atoms with E-state index in [2.05, 4.69) is 181 Å². The van der Waals surface area contributed by atoms with Crippen LogP contribution in [0.4, 0.5) is 17.1 Å². The fourth-order valence-electron chi connectivity index (χ4n) is 7.43. The molecule has 0 N–H and O–H groups in total. The average molecular weight is 644 g/mol. The number of anilines is 3. The van der Waals surface area contributed by atoms with Crippen LogP contribution in [0.15, 0.2) is 180 Å². The number of rotatable bonds is 5. The van der Waals surface area contributed by atoms with Crippen molar-refractivity contribution >= 4 is 81.3 Å². The summed E-state index contributed by atoms with van der Waals surface area (Å²) < 4.78 is 9.28. The van der Waals surface area contributed by atoms with E-state index in [0.29, 0.717) is 0 Å². The van der Waals surface area contributed by atoms with Crippen molar-refractivity contribution in [3.8, 4) is 22.3 Å². The zero-order valence-corrected chi connectivity index (χ0v) is 27.3. The van der Waals surface area contributed by atoms with Gasteiger partial charge in [0, 0.05) is 42.3 Å². The lowest BCUT2D eigenvalue weighted by Gasteiger charge is -2.27. The van der Waals surface area contributed by atoms with Gasteiger partial charge in [0.2, 0.25) is 0 Å². The highest BCUT2D eigenvalue weighted by Gasteiger charge is 2.21. The fourth-order valence-corrected chi connectivity index (χ4v) is 8.56. The van der Waals surface area contributed by atoms with E-state index in [-0.39, 0.29) is 0 Å². The van der Waals surface area contributed by atoms with E-state index in [4.69, 9.17) is 4.42 Å². The van der Waals surface area contributed by atoms with Gasteiger partial charge >= 0.3 is 0 Å². The van der Waals surface area contributed by atoms with Gasteiger partial charge in [-0.3, -0.25) is 0 Å². The minimum Gasteiger partial charge on any atom is -0.455 e. The molecular formula is C46H29NOS. The predicted octanol–water partition coefficient (Wildman–Crippen LogP) is 13.9. The third-order valence-electron chi connectivity index (χ3n) is 9.64. The molecule has 0 radical (unpaired) electrons. The summed E-state index contributed by atoms with van der Waals surface area (Å²) in [5.41, 5.74) is 9.83. The van der Waals surface area contributed by atoms with Crippen LogP contribution in [0, 0.1) is 0 Å². The number of thiophene rings is 1. The molecule has 8 aromatic carbocycles. The standard InChI is InChI=1S/C46H29NOS/c1-2-12-30(13-3-1)32-15-8-17-34(28-32)47(40-22-11-23-41-45(40)39-27-26-31-14-4-5-19-37(31)46(39)48-41)35-18-9-16-33(29-35)36-21-10-25-43-44(36)38-20-6-7-24-42(38)49-43/h1-29H. The number of fused-ring (bicyclic) bond motifs is 8. The molecule has 0 unspecified atom stereocenters. The van der Waals surface area contributed by atoms with Gasteiger partial charge in [0.25, 0.3) is 0 Å². The summed E-state index contributed by atoms with van der Waals surface area (Å²) in [7, 11) is 0. The van der Waals surface area contributed by atoms with Crippen LogP contribution in [0.5, 0.6) is 0 Å². The van der Waals surface area contributed by atoms with Gasteiger partial charge in [0.15, 0.2) is 0 Å². The second kappa shape index (κ2) is 11.2. The van der Waals surface area contributed by atoms with E-state index < -0.39 is 0 Å². The molecule has 0 atom stereocenters. The Morgan fingerprint density at radius 3 is 1.98 bits per heavy atom. The molecule has 0 aliphatic rings. The Balaban J connectivity index is 1.23. The van der Waals surface area contributed by atoms with E-state index >= 15 is 0 Å². The van der Waals surface area contributed by atoms with Crippen LogP contribution in [-0.2, 0) is 0 Å². The fraction of sp³-hybridized carbons (Fsp3) is 0. The maximum atomic E-state index is 6.67. The van der Waals surface area contributed by atoms with Crippen molar-refractivity contribution in [3.63, 3.8) is 0 Å². The first-order chi connectivity index (χ1) is 24.3. The molecular weight excluding hydrogens is 615 g/mol. The molecule has 230 valence electrons. The zero-order chi connectivity index (χ0) is 32.3.